The van der Waals surface area contributed by atoms with Crippen molar-refractivity contribution in [3.8, 4) is 11.1 Å². The SMILES string of the molecule is Cc1[nH]nc(C(F)(F)F)c1-c1ccc(Br)cc1. The average Bonchev–Trinajstić information content (AvgIpc) is 2.61. The number of aryl methyl sites for hydroxylation is 1. The van der Waals surface area contributed by atoms with Gasteiger partial charge in [0.2, 0.25) is 0 Å². The van der Waals surface area contributed by atoms with Crippen molar-refractivity contribution in [1.29, 1.82) is 0 Å². The lowest BCUT2D eigenvalue weighted by Gasteiger charge is -2.07. The van der Waals surface area contributed by atoms with Crippen LogP contribution in [0.15, 0.2) is 28.7 Å². The summed E-state index contributed by atoms with van der Waals surface area (Å²) in [4.78, 5) is 0. The molecule has 1 aromatic carbocycles. The van der Waals surface area contributed by atoms with Gasteiger partial charge in [-0.1, -0.05) is 28.1 Å². The third-order valence-corrected chi connectivity index (χ3v) is 2.88. The molecule has 0 aliphatic rings. The molecule has 0 radical (unpaired) electrons. The molecule has 90 valence electrons. The number of benzene rings is 1. The maximum atomic E-state index is 12.7. The van der Waals surface area contributed by atoms with Crippen molar-refractivity contribution in [2.75, 3.05) is 0 Å². The molecule has 0 atom stereocenters. The minimum Gasteiger partial charge on any atom is -0.282 e. The second-order valence-electron chi connectivity index (χ2n) is 3.58. The number of alkyl halides is 3. The summed E-state index contributed by atoms with van der Waals surface area (Å²) in [6.45, 7) is 1.57. The highest BCUT2D eigenvalue weighted by Gasteiger charge is 2.37. The van der Waals surface area contributed by atoms with Gasteiger partial charge < -0.3 is 0 Å². The summed E-state index contributed by atoms with van der Waals surface area (Å²) in [6.07, 6.45) is -4.45. The highest BCUT2D eigenvalue weighted by Crippen LogP contribution is 2.37. The van der Waals surface area contributed by atoms with Crippen molar-refractivity contribution >= 4 is 15.9 Å². The van der Waals surface area contributed by atoms with Gasteiger partial charge >= 0.3 is 6.18 Å². The fourth-order valence-corrected chi connectivity index (χ4v) is 1.87. The van der Waals surface area contributed by atoms with Crippen molar-refractivity contribution in [1.82, 2.24) is 10.2 Å². The first-order chi connectivity index (χ1) is 7.89. The molecule has 0 saturated carbocycles. The Kier molecular flexibility index (Phi) is 2.99. The summed E-state index contributed by atoms with van der Waals surface area (Å²) in [5.41, 5.74) is 0.119. The van der Waals surface area contributed by atoms with Gasteiger partial charge in [0.25, 0.3) is 0 Å². The van der Waals surface area contributed by atoms with Crippen LogP contribution in [0.1, 0.15) is 11.4 Å². The molecular weight excluding hydrogens is 297 g/mol. The Morgan fingerprint density at radius 2 is 1.76 bits per heavy atom. The normalized spacial score (nSPS) is 11.8. The summed E-state index contributed by atoms with van der Waals surface area (Å²) in [5.74, 6) is 0. The molecule has 0 aliphatic heterocycles. The van der Waals surface area contributed by atoms with Crippen LogP contribution in [-0.4, -0.2) is 10.2 Å². The Labute approximate surface area is 104 Å². The van der Waals surface area contributed by atoms with Crippen molar-refractivity contribution < 1.29 is 13.2 Å². The molecule has 2 rings (SSSR count). The zero-order valence-corrected chi connectivity index (χ0v) is 10.4. The molecule has 2 aromatic rings. The monoisotopic (exact) mass is 304 g/mol. The van der Waals surface area contributed by atoms with E-state index in [1.807, 2.05) is 0 Å². The zero-order valence-electron chi connectivity index (χ0n) is 8.77. The van der Waals surface area contributed by atoms with Crippen LogP contribution in [0.2, 0.25) is 0 Å². The molecule has 2 nitrogen and oxygen atoms in total. The van der Waals surface area contributed by atoms with Crippen LogP contribution >= 0.6 is 15.9 Å². The van der Waals surface area contributed by atoms with Gasteiger partial charge in [-0.3, -0.25) is 5.10 Å². The van der Waals surface area contributed by atoms with Crippen molar-refractivity contribution in [3.05, 3.63) is 40.1 Å². The first-order valence-electron chi connectivity index (χ1n) is 4.77. The van der Waals surface area contributed by atoms with E-state index in [0.29, 0.717) is 11.3 Å². The molecule has 1 heterocycles. The molecule has 6 heteroatoms. The van der Waals surface area contributed by atoms with Crippen LogP contribution < -0.4 is 0 Å². The van der Waals surface area contributed by atoms with E-state index in [1.165, 1.54) is 0 Å². The summed E-state index contributed by atoms with van der Waals surface area (Å²) in [7, 11) is 0. The minimum atomic E-state index is -4.45. The van der Waals surface area contributed by atoms with E-state index in [2.05, 4.69) is 26.1 Å². The number of aromatic amines is 1. The van der Waals surface area contributed by atoms with E-state index in [-0.39, 0.29) is 5.56 Å². The first kappa shape index (κ1) is 12.2. The van der Waals surface area contributed by atoms with Crippen LogP contribution in [0.25, 0.3) is 11.1 Å². The standard InChI is InChI=1S/C11H8BrF3N2/c1-6-9(7-2-4-8(12)5-3-7)10(17-16-6)11(13,14)15/h2-5H,1H3,(H,16,17). The largest absolute Gasteiger partial charge is 0.435 e. The van der Waals surface area contributed by atoms with E-state index >= 15 is 0 Å². The number of H-pyrrole nitrogens is 1. The summed E-state index contributed by atoms with van der Waals surface area (Å²) >= 11 is 3.24. The van der Waals surface area contributed by atoms with E-state index in [9.17, 15) is 13.2 Å². The number of aromatic nitrogens is 2. The lowest BCUT2D eigenvalue weighted by Crippen LogP contribution is -2.07. The quantitative estimate of drug-likeness (QED) is 0.842. The van der Waals surface area contributed by atoms with E-state index in [4.69, 9.17) is 0 Å². The molecule has 0 spiro atoms. The average molecular weight is 305 g/mol. The molecule has 0 saturated heterocycles. The number of hydrogen-bond donors (Lipinski definition) is 1. The van der Waals surface area contributed by atoms with E-state index in [0.717, 1.165) is 4.47 Å². The van der Waals surface area contributed by atoms with Gasteiger partial charge in [-0.15, -0.1) is 0 Å². The van der Waals surface area contributed by atoms with E-state index < -0.39 is 11.9 Å². The maximum Gasteiger partial charge on any atom is 0.435 e. The Bertz CT molecular complexity index is 529. The van der Waals surface area contributed by atoms with Crippen molar-refractivity contribution in [2.24, 2.45) is 0 Å². The Morgan fingerprint density at radius 3 is 2.29 bits per heavy atom. The lowest BCUT2D eigenvalue weighted by atomic mass is 10.0. The van der Waals surface area contributed by atoms with Crippen molar-refractivity contribution in [2.45, 2.75) is 13.1 Å². The molecule has 0 unspecified atom stereocenters. The molecule has 0 amide bonds. The third kappa shape index (κ3) is 2.36. The third-order valence-electron chi connectivity index (χ3n) is 2.35. The number of nitrogens with one attached hydrogen (secondary N) is 1. The number of hydrogen-bond acceptors (Lipinski definition) is 1. The van der Waals surface area contributed by atoms with Crippen LogP contribution in [0.3, 0.4) is 0 Å². The molecule has 1 aromatic heterocycles. The fourth-order valence-electron chi connectivity index (χ4n) is 1.60. The van der Waals surface area contributed by atoms with Gasteiger partial charge in [0.05, 0.1) is 0 Å². The Morgan fingerprint density at radius 1 is 1.18 bits per heavy atom. The summed E-state index contributed by atoms with van der Waals surface area (Å²) in [6, 6.07) is 6.64. The lowest BCUT2D eigenvalue weighted by molar-refractivity contribution is -0.140. The fraction of sp³-hybridized carbons (Fsp3) is 0.182. The zero-order chi connectivity index (χ0) is 12.6. The summed E-state index contributed by atoms with van der Waals surface area (Å²) in [5, 5.41) is 5.70. The molecule has 0 aliphatic carbocycles. The minimum absolute atomic E-state index is 0.102. The van der Waals surface area contributed by atoms with Crippen molar-refractivity contribution in [3.63, 3.8) is 0 Å². The summed E-state index contributed by atoms with van der Waals surface area (Å²) < 4.78 is 39.0. The number of rotatable bonds is 1. The molecular formula is C11H8BrF3N2. The Balaban J connectivity index is 2.59. The van der Waals surface area contributed by atoms with Gasteiger partial charge in [0.15, 0.2) is 5.69 Å². The van der Waals surface area contributed by atoms with Crippen LogP contribution in [0, 0.1) is 6.92 Å². The van der Waals surface area contributed by atoms with E-state index in [1.54, 1.807) is 31.2 Å². The van der Waals surface area contributed by atoms with Gasteiger partial charge in [-0.05, 0) is 24.6 Å². The van der Waals surface area contributed by atoms with Gasteiger partial charge in [0.1, 0.15) is 0 Å². The van der Waals surface area contributed by atoms with Crippen LogP contribution in [0.5, 0.6) is 0 Å². The second-order valence-corrected chi connectivity index (χ2v) is 4.49. The van der Waals surface area contributed by atoms with Crippen LogP contribution in [0.4, 0.5) is 13.2 Å². The Hall–Kier alpha value is -1.30. The van der Waals surface area contributed by atoms with Gasteiger partial charge in [0, 0.05) is 15.7 Å². The predicted octanol–water partition coefficient (Wildman–Crippen LogP) is 4.17. The van der Waals surface area contributed by atoms with Gasteiger partial charge in [-0.2, -0.15) is 18.3 Å². The predicted molar refractivity (Wildman–Crippen MR) is 61.5 cm³/mol. The highest BCUT2D eigenvalue weighted by atomic mass is 79.9. The molecule has 17 heavy (non-hydrogen) atoms. The highest BCUT2D eigenvalue weighted by molar-refractivity contribution is 9.10. The number of nitrogens with zero attached hydrogens (tertiary/aromatic N) is 1. The smallest absolute Gasteiger partial charge is 0.282 e. The maximum absolute atomic E-state index is 12.7. The van der Waals surface area contributed by atoms with Crippen LogP contribution in [-0.2, 0) is 6.18 Å². The number of halogens is 4. The molecule has 0 fully saturated rings. The first-order valence-corrected chi connectivity index (χ1v) is 5.57. The topological polar surface area (TPSA) is 28.7 Å². The molecule has 1 N–H and O–H groups in total. The second kappa shape index (κ2) is 4.18. The molecule has 0 bridgehead atoms. The van der Waals surface area contributed by atoms with Gasteiger partial charge in [-0.25, -0.2) is 0 Å².